The van der Waals surface area contributed by atoms with E-state index >= 15 is 0 Å². The lowest BCUT2D eigenvalue weighted by molar-refractivity contribution is -0.0238. The minimum atomic E-state index is -0.117. The van der Waals surface area contributed by atoms with Gasteiger partial charge in [-0.2, -0.15) is 0 Å². The van der Waals surface area contributed by atoms with Crippen molar-refractivity contribution in [1.29, 1.82) is 0 Å². The van der Waals surface area contributed by atoms with Crippen LogP contribution in [0.25, 0.3) is 0 Å². The van der Waals surface area contributed by atoms with E-state index in [1.165, 1.54) is 16.7 Å². The van der Waals surface area contributed by atoms with Crippen molar-refractivity contribution >= 4 is 0 Å². The molecule has 2 heterocycles. The zero-order valence-corrected chi connectivity index (χ0v) is 20.8. The quantitative estimate of drug-likeness (QED) is 0.663. The van der Waals surface area contributed by atoms with E-state index in [0.29, 0.717) is 5.92 Å². The van der Waals surface area contributed by atoms with E-state index in [9.17, 15) is 0 Å². The van der Waals surface area contributed by atoms with Gasteiger partial charge in [0.25, 0.3) is 0 Å². The van der Waals surface area contributed by atoms with Gasteiger partial charge in [0.2, 0.25) is 0 Å². The molecule has 0 saturated carbocycles. The molecule has 4 atom stereocenters. The lowest BCUT2D eigenvalue weighted by Gasteiger charge is -2.57. The maximum Gasteiger partial charge on any atom is 0.161 e. The second-order valence-electron chi connectivity index (χ2n) is 9.39. The number of rotatable bonds is 7. The number of fused-ring (bicyclic) bond motifs is 3. The molecule has 2 aromatic carbocycles. The second kappa shape index (κ2) is 9.43. The SMILES string of the molecule is CCC(C)C12CC(N)CCN1CC(c1ccc(OC)c(OC)c1)c1cc(OC)c(OC)cc12. The van der Waals surface area contributed by atoms with Crippen LogP contribution in [-0.2, 0) is 5.54 Å². The molecule has 0 spiro atoms. The Bertz CT molecular complexity index is 994. The second-order valence-corrected chi connectivity index (χ2v) is 9.39. The number of piperidine rings is 1. The fourth-order valence-electron chi connectivity index (χ4n) is 6.03. The highest BCUT2D eigenvalue weighted by molar-refractivity contribution is 5.56. The van der Waals surface area contributed by atoms with Crippen molar-refractivity contribution in [2.24, 2.45) is 11.7 Å². The molecule has 6 heteroatoms. The van der Waals surface area contributed by atoms with E-state index in [4.69, 9.17) is 24.7 Å². The van der Waals surface area contributed by atoms with Gasteiger partial charge in [-0.1, -0.05) is 26.3 Å². The van der Waals surface area contributed by atoms with Crippen molar-refractivity contribution in [3.8, 4) is 23.0 Å². The molecule has 0 bridgehead atoms. The summed E-state index contributed by atoms with van der Waals surface area (Å²) in [5.74, 6) is 3.64. The van der Waals surface area contributed by atoms with Gasteiger partial charge in [-0.3, -0.25) is 4.90 Å². The average Bonchev–Trinajstić information content (AvgIpc) is 2.86. The van der Waals surface area contributed by atoms with Gasteiger partial charge >= 0.3 is 0 Å². The topological polar surface area (TPSA) is 66.2 Å². The summed E-state index contributed by atoms with van der Waals surface area (Å²) in [4.78, 5) is 2.68. The Morgan fingerprint density at radius 3 is 2.24 bits per heavy atom. The van der Waals surface area contributed by atoms with Gasteiger partial charge in [0.15, 0.2) is 23.0 Å². The molecular formula is C27H38N2O4. The summed E-state index contributed by atoms with van der Waals surface area (Å²) in [6, 6.07) is 10.8. The van der Waals surface area contributed by atoms with E-state index in [2.05, 4.69) is 43.0 Å². The number of hydrogen-bond acceptors (Lipinski definition) is 6. The first-order chi connectivity index (χ1) is 15.9. The monoisotopic (exact) mass is 454 g/mol. The number of nitrogens with zero attached hydrogens (tertiary/aromatic N) is 1. The molecular weight excluding hydrogens is 416 g/mol. The van der Waals surface area contributed by atoms with Gasteiger partial charge in [-0.15, -0.1) is 0 Å². The summed E-state index contributed by atoms with van der Waals surface area (Å²) in [7, 11) is 6.76. The van der Waals surface area contributed by atoms with E-state index in [0.717, 1.165) is 55.4 Å². The molecule has 6 nitrogen and oxygen atoms in total. The number of nitrogens with two attached hydrogens (primary N) is 1. The summed E-state index contributed by atoms with van der Waals surface area (Å²) >= 11 is 0. The Labute approximate surface area is 198 Å². The molecule has 2 N–H and O–H groups in total. The molecule has 0 amide bonds. The third-order valence-electron chi connectivity index (χ3n) is 7.95. The van der Waals surface area contributed by atoms with E-state index < -0.39 is 0 Å². The van der Waals surface area contributed by atoms with Gasteiger partial charge in [0, 0.05) is 25.0 Å². The molecule has 33 heavy (non-hydrogen) atoms. The summed E-state index contributed by atoms with van der Waals surface area (Å²) in [5.41, 5.74) is 10.3. The van der Waals surface area contributed by atoms with Gasteiger partial charge in [-0.25, -0.2) is 0 Å². The number of methoxy groups -OCH3 is 4. The molecule has 0 aliphatic carbocycles. The fraction of sp³-hybridized carbons (Fsp3) is 0.556. The third kappa shape index (κ3) is 3.83. The maximum atomic E-state index is 6.61. The van der Waals surface area contributed by atoms with Crippen LogP contribution in [-0.4, -0.2) is 52.5 Å². The first kappa shape index (κ1) is 23.7. The van der Waals surface area contributed by atoms with Gasteiger partial charge in [0.05, 0.1) is 34.0 Å². The standard InChI is InChI=1S/C27H38N2O4/c1-7-17(2)27-15-19(28)10-11-29(27)16-21(18-8-9-23(30-3)24(12-18)31-4)20-13-25(32-5)26(33-6)14-22(20)27/h8-9,12-14,17,19,21H,7,10-11,15-16,28H2,1-6H3. The van der Waals surface area contributed by atoms with E-state index in [1.54, 1.807) is 28.4 Å². The van der Waals surface area contributed by atoms with Crippen LogP contribution < -0.4 is 24.7 Å². The van der Waals surface area contributed by atoms with Crippen LogP contribution in [0.5, 0.6) is 23.0 Å². The molecule has 2 aliphatic heterocycles. The Hall–Kier alpha value is -2.44. The van der Waals surface area contributed by atoms with Crippen LogP contribution in [0.2, 0.25) is 0 Å². The Morgan fingerprint density at radius 1 is 0.970 bits per heavy atom. The van der Waals surface area contributed by atoms with Crippen molar-refractivity contribution in [3.05, 3.63) is 47.0 Å². The van der Waals surface area contributed by atoms with Gasteiger partial charge in [0.1, 0.15) is 0 Å². The third-order valence-corrected chi connectivity index (χ3v) is 7.95. The molecule has 4 rings (SSSR count). The molecule has 0 aromatic heterocycles. The van der Waals surface area contributed by atoms with Crippen LogP contribution >= 0.6 is 0 Å². The molecule has 1 fully saturated rings. The van der Waals surface area contributed by atoms with Crippen molar-refractivity contribution in [3.63, 3.8) is 0 Å². The van der Waals surface area contributed by atoms with Crippen LogP contribution in [0.4, 0.5) is 0 Å². The lowest BCUT2D eigenvalue weighted by Crippen LogP contribution is -2.61. The summed E-state index contributed by atoms with van der Waals surface area (Å²) in [6.45, 7) is 6.55. The predicted octanol–water partition coefficient (Wildman–Crippen LogP) is 4.53. The van der Waals surface area contributed by atoms with Crippen LogP contribution in [0.3, 0.4) is 0 Å². The summed E-state index contributed by atoms with van der Waals surface area (Å²) < 4.78 is 22.6. The van der Waals surface area contributed by atoms with E-state index in [-0.39, 0.29) is 17.5 Å². The lowest BCUT2D eigenvalue weighted by atomic mass is 9.64. The average molecular weight is 455 g/mol. The van der Waals surface area contributed by atoms with Crippen molar-refractivity contribution < 1.29 is 18.9 Å². The molecule has 4 unspecified atom stereocenters. The van der Waals surface area contributed by atoms with Crippen LogP contribution in [0.15, 0.2) is 30.3 Å². The maximum absolute atomic E-state index is 6.61. The van der Waals surface area contributed by atoms with Crippen LogP contribution in [0.1, 0.15) is 55.7 Å². The number of benzene rings is 2. The van der Waals surface area contributed by atoms with Crippen LogP contribution in [0, 0.1) is 5.92 Å². The highest BCUT2D eigenvalue weighted by Crippen LogP contribution is 2.54. The van der Waals surface area contributed by atoms with Crippen molar-refractivity contribution in [2.45, 2.75) is 50.6 Å². The smallest absolute Gasteiger partial charge is 0.161 e. The molecule has 2 aromatic rings. The zero-order chi connectivity index (χ0) is 23.8. The summed E-state index contributed by atoms with van der Waals surface area (Å²) in [6.07, 6.45) is 3.04. The minimum absolute atomic E-state index is 0.117. The largest absolute Gasteiger partial charge is 0.493 e. The fourth-order valence-corrected chi connectivity index (χ4v) is 6.03. The highest BCUT2D eigenvalue weighted by atomic mass is 16.5. The molecule has 180 valence electrons. The van der Waals surface area contributed by atoms with Crippen molar-refractivity contribution in [2.75, 3.05) is 41.5 Å². The Kier molecular flexibility index (Phi) is 6.78. The molecule has 2 aliphatic rings. The molecule has 1 saturated heterocycles. The highest BCUT2D eigenvalue weighted by Gasteiger charge is 2.51. The number of ether oxygens (including phenoxy) is 4. The van der Waals surface area contributed by atoms with Gasteiger partial charge in [-0.05, 0) is 59.7 Å². The Morgan fingerprint density at radius 2 is 1.61 bits per heavy atom. The zero-order valence-electron chi connectivity index (χ0n) is 20.8. The number of hydrogen-bond donors (Lipinski definition) is 1. The first-order valence-corrected chi connectivity index (χ1v) is 11.9. The van der Waals surface area contributed by atoms with E-state index in [1.807, 2.05) is 6.07 Å². The van der Waals surface area contributed by atoms with Crippen molar-refractivity contribution in [1.82, 2.24) is 4.90 Å². The minimum Gasteiger partial charge on any atom is -0.493 e. The molecule has 0 radical (unpaired) electrons. The predicted molar refractivity (Wildman–Crippen MR) is 131 cm³/mol. The Balaban J connectivity index is 1.96. The first-order valence-electron chi connectivity index (χ1n) is 11.9. The summed E-state index contributed by atoms with van der Waals surface area (Å²) in [5, 5.41) is 0. The van der Waals surface area contributed by atoms with Gasteiger partial charge < -0.3 is 24.7 Å². The normalized spacial score (nSPS) is 25.5.